The number of hydrogen-bond donors (Lipinski definition) is 0. The fraction of sp³-hybridized carbons (Fsp3) is 0.615. The number of carbonyl (C=O) groups is 2. The zero-order chi connectivity index (χ0) is 14.7. The minimum absolute atomic E-state index is 0.0273. The lowest BCUT2D eigenvalue weighted by Crippen LogP contribution is -2.52. The van der Waals surface area contributed by atoms with Crippen molar-refractivity contribution in [2.75, 3.05) is 39.9 Å². The van der Waals surface area contributed by atoms with Gasteiger partial charge >= 0.3 is 0 Å². The number of amides is 2. The van der Waals surface area contributed by atoms with Crippen LogP contribution in [-0.4, -0.2) is 66.5 Å². The monoisotopic (exact) mass is 297 g/mol. The van der Waals surface area contributed by atoms with Gasteiger partial charge in [-0.3, -0.25) is 9.59 Å². The fourth-order valence-corrected chi connectivity index (χ4v) is 3.08. The van der Waals surface area contributed by atoms with Crippen molar-refractivity contribution < 1.29 is 14.3 Å². The Morgan fingerprint density at radius 3 is 2.70 bits per heavy atom. The molecule has 0 aliphatic carbocycles. The van der Waals surface area contributed by atoms with Gasteiger partial charge in [0.1, 0.15) is 11.4 Å². The quantitative estimate of drug-likeness (QED) is 0.820. The third-order valence-corrected chi connectivity index (χ3v) is 4.33. The highest BCUT2D eigenvalue weighted by molar-refractivity contribution is 7.13. The molecule has 1 aliphatic heterocycles. The molecular formula is C13H19N3O3S. The molecule has 1 aromatic rings. The number of aryl methyl sites for hydroxylation is 2. The Balaban J connectivity index is 2.00. The highest BCUT2D eigenvalue weighted by atomic mass is 32.1. The van der Waals surface area contributed by atoms with Crippen LogP contribution in [0.1, 0.15) is 20.4 Å². The van der Waals surface area contributed by atoms with E-state index in [2.05, 4.69) is 4.98 Å². The second-order valence-corrected chi connectivity index (χ2v) is 5.95. The second-order valence-electron chi connectivity index (χ2n) is 4.75. The van der Waals surface area contributed by atoms with E-state index < -0.39 is 0 Å². The standard InChI is InChI=1S/C13H19N3O3S/c1-9-12(20-10(2)14-9)13(18)16-5-4-15(6-7-19-3)11(17)8-16/h4-8H2,1-3H3. The van der Waals surface area contributed by atoms with Crippen LogP contribution in [0.15, 0.2) is 0 Å². The molecule has 0 unspecified atom stereocenters. The van der Waals surface area contributed by atoms with Crippen LogP contribution >= 0.6 is 11.3 Å². The number of thiazole rings is 1. The summed E-state index contributed by atoms with van der Waals surface area (Å²) < 4.78 is 4.97. The molecule has 0 saturated carbocycles. The highest BCUT2D eigenvalue weighted by Gasteiger charge is 2.29. The summed E-state index contributed by atoms with van der Waals surface area (Å²) in [7, 11) is 1.61. The third-order valence-electron chi connectivity index (χ3n) is 3.27. The van der Waals surface area contributed by atoms with Gasteiger partial charge in [-0.1, -0.05) is 0 Å². The lowest BCUT2D eigenvalue weighted by molar-refractivity contribution is -0.135. The number of ether oxygens (including phenoxy) is 1. The molecule has 0 atom stereocenters. The van der Waals surface area contributed by atoms with Crippen LogP contribution in [0.5, 0.6) is 0 Å². The largest absolute Gasteiger partial charge is 0.383 e. The SMILES string of the molecule is COCCN1CCN(C(=O)c2sc(C)nc2C)CC1=O. The van der Waals surface area contributed by atoms with Crippen LogP contribution in [0.4, 0.5) is 0 Å². The molecule has 110 valence electrons. The van der Waals surface area contributed by atoms with E-state index in [1.807, 2.05) is 13.8 Å². The van der Waals surface area contributed by atoms with Gasteiger partial charge in [-0.15, -0.1) is 11.3 Å². The van der Waals surface area contributed by atoms with Crippen LogP contribution in [0.25, 0.3) is 0 Å². The maximum Gasteiger partial charge on any atom is 0.266 e. The molecule has 20 heavy (non-hydrogen) atoms. The van der Waals surface area contributed by atoms with E-state index in [-0.39, 0.29) is 18.4 Å². The first-order valence-corrected chi connectivity index (χ1v) is 7.34. The molecule has 2 heterocycles. The first-order chi connectivity index (χ1) is 9.52. The number of nitrogens with zero attached hydrogens (tertiary/aromatic N) is 3. The molecule has 2 rings (SSSR count). The van der Waals surface area contributed by atoms with E-state index in [1.165, 1.54) is 11.3 Å². The molecule has 0 N–H and O–H groups in total. The van der Waals surface area contributed by atoms with Gasteiger partial charge in [0.2, 0.25) is 5.91 Å². The smallest absolute Gasteiger partial charge is 0.266 e. The second kappa shape index (κ2) is 6.32. The molecule has 1 fully saturated rings. The lowest BCUT2D eigenvalue weighted by atomic mass is 10.2. The summed E-state index contributed by atoms with van der Waals surface area (Å²) in [5.41, 5.74) is 0.742. The zero-order valence-corrected chi connectivity index (χ0v) is 12.8. The highest BCUT2D eigenvalue weighted by Crippen LogP contribution is 2.20. The molecule has 1 saturated heterocycles. The maximum atomic E-state index is 12.4. The molecule has 0 bridgehead atoms. The van der Waals surface area contributed by atoms with Crippen LogP contribution in [0, 0.1) is 13.8 Å². The number of carbonyl (C=O) groups excluding carboxylic acids is 2. The van der Waals surface area contributed by atoms with Crippen molar-refractivity contribution in [1.29, 1.82) is 0 Å². The number of rotatable bonds is 4. The van der Waals surface area contributed by atoms with Gasteiger partial charge in [-0.05, 0) is 13.8 Å². The summed E-state index contributed by atoms with van der Waals surface area (Å²) in [4.78, 5) is 32.6. The summed E-state index contributed by atoms with van der Waals surface area (Å²) in [6.07, 6.45) is 0. The van der Waals surface area contributed by atoms with Crippen molar-refractivity contribution in [3.63, 3.8) is 0 Å². The Hall–Kier alpha value is -1.47. The van der Waals surface area contributed by atoms with Crippen molar-refractivity contribution >= 4 is 23.2 Å². The van der Waals surface area contributed by atoms with E-state index in [4.69, 9.17) is 4.74 Å². The number of piperazine rings is 1. The van der Waals surface area contributed by atoms with Crippen LogP contribution in [0.2, 0.25) is 0 Å². The molecular weight excluding hydrogens is 278 g/mol. The third kappa shape index (κ3) is 3.16. The first-order valence-electron chi connectivity index (χ1n) is 6.53. The van der Waals surface area contributed by atoms with E-state index >= 15 is 0 Å². The van der Waals surface area contributed by atoms with Gasteiger partial charge in [0.05, 0.1) is 17.3 Å². The molecule has 6 nitrogen and oxygen atoms in total. The molecule has 1 aliphatic rings. The fourth-order valence-electron chi connectivity index (χ4n) is 2.19. The van der Waals surface area contributed by atoms with E-state index in [9.17, 15) is 9.59 Å². The number of aromatic nitrogens is 1. The topological polar surface area (TPSA) is 62.7 Å². The van der Waals surface area contributed by atoms with E-state index in [0.717, 1.165) is 10.7 Å². The maximum absolute atomic E-state index is 12.4. The van der Waals surface area contributed by atoms with Gasteiger partial charge in [0.15, 0.2) is 0 Å². The normalized spacial score (nSPS) is 15.8. The molecule has 0 aromatic carbocycles. The molecule has 1 aromatic heterocycles. The van der Waals surface area contributed by atoms with E-state index in [0.29, 0.717) is 31.1 Å². The summed E-state index contributed by atoms with van der Waals surface area (Å²) in [5.74, 6) is -0.117. The van der Waals surface area contributed by atoms with Gasteiger partial charge in [0.25, 0.3) is 5.91 Å². The minimum atomic E-state index is -0.0900. The number of hydrogen-bond acceptors (Lipinski definition) is 5. The Labute approximate surface area is 122 Å². The molecule has 2 amide bonds. The van der Waals surface area contributed by atoms with E-state index in [1.54, 1.807) is 16.9 Å². The lowest BCUT2D eigenvalue weighted by Gasteiger charge is -2.34. The van der Waals surface area contributed by atoms with Crippen molar-refractivity contribution in [1.82, 2.24) is 14.8 Å². The van der Waals surface area contributed by atoms with Gasteiger partial charge in [0, 0.05) is 26.7 Å². The van der Waals surface area contributed by atoms with Gasteiger partial charge in [-0.25, -0.2) is 4.98 Å². The zero-order valence-electron chi connectivity index (χ0n) is 12.0. The molecule has 0 radical (unpaired) electrons. The Bertz CT molecular complexity index is 515. The van der Waals surface area contributed by atoms with Crippen LogP contribution in [0.3, 0.4) is 0 Å². The number of methoxy groups -OCH3 is 1. The van der Waals surface area contributed by atoms with Gasteiger partial charge in [-0.2, -0.15) is 0 Å². The van der Waals surface area contributed by atoms with Crippen LogP contribution < -0.4 is 0 Å². The Kier molecular flexibility index (Phi) is 4.72. The minimum Gasteiger partial charge on any atom is -0.383 e. The summed E-state index contributed by atoms with van der Waals surface area (Å²) in [6.45, 7) is 6.06. The first kappa shape index (κ1) is 14.9. The molecule has 7 heteroatoms. The predicted molar refractivity (Wildman–Crippen MR) is 75.9 cm³/mol. The Morgan fingerprint density at radius 1 is 1.40 bits per heavy atom. The average Bonchev–Trinajstić information content (AvgIpc) is 2.75. The van der Waals surface area contributed by atoms with Crippen molar-refractivity contribution in [3.05, 3.63) is 15.6 Å². The summed E-state index contributed by atoms with van der Waals surface area (Å²) in [6, 6.07) is 0. The predicted octanol–water partition coefficient (Wildman–Crippen LogP) is 0.691. The summed E-state index contributed by atoms with van der Waals surface area (Å²) in [5, 5.41) is 0.871. The average molecular weight is 297 g/mol. The van der Waals surface area contributed by atoms with Gasteiger partial charge < -0.3 is 14.5 Å². The van der Waals surface area contributed by atoms with Crippen molar-refractivity contribution in [2.45, 2.75) is 13.8 Å². The van der Waals surface area contributed by atoms with Crippen LogP contribution in [-0.2, 0) is 9.53 Å². The summed E-state index contributed by atoms with van der Waals surface area (Å²) >= 11 is 1.38. The Morgan fingerprint density at radius 2 is 2.15 bits per heavy atom. The van der Waals surface area contributed by atoms with Crippen molar-refractivity contribution in [3.8, 4) is 0 Å². The molecule has 0 spiro atoms. The van der Waals surface area contributed by atoms with Crippen molar-refractivity contribution in [2.24, 2.45) is 0 Å².